The van der Waals surface area contributed by atoms with Gasteiger partial charge in [-0.2, -0.15) is 13.2 Å². The van der Waals surface area contributed by atoms with Crippen LogP contribution in [0.5, 0.6) is 0 Å². The Morgan fingerprint density at radius 3 is 2.71 bits per heavy atom. The van der Waals surface area contributed by atoms with Crippen LogP contribution in [0.1, 0.15) is 17.9 Å². The topological polar surface area (TPSA) is 3.24 Å². The van der Waals surface area contributed by atoms with E-state index in [0.29, 0.717) is 13.1 Å². The lowest BCUT2D eigenvalue weighted by atomic mass is 9.98. The van der Waals surface area contributed by atoms with Gasteiger partial charge in [0.15, 0.2) is 0 Å². The molecule has 1 atom stereocenters. The molecule has 0 N–H and O–H groups in total. The molecule has 0 radical (unpaired) electrons. The van der Waals surface area contributed by atoms with Crippen molar-refractivity contribution in [1.29, 1.82) is 0 Å². The summed E-state index contributed by atoms with van der Waals surface area (Å²) in [4.78, 5) is 1.94. The number of para-hydroxylation sites is 1. The van der Waals surface area contributed by atoms with Crippen LogP contribution in [0.15, 0.2) is 36.9 Å². The normalized spacial score (nSPS) is 19.2. The fraction of sp³-hybridized carbons (Fsp3) is 0.385. The summed E-state index contributed by atoms with van der Waals surface area (Å²) in [6, 6.07) is 7.30. The van der Waals surface area contributed by atoms with Gasteiger partial charge in [0.05, 0.1) is 6.42 Å². The van der Waals surface area contributed by atoms with E-state index in [4.69, 9.17) is 0 Å². The van der Waals surface area contributed by atoms with Crippen molar-refractivity contribution in [3.63, 3.8) is 0 Å². The molecule has 1 heterocycles. The Bertz CT molecular complexity index is 411. The maximum absolute atomic E-state index is 12.5. The molecule has 0 aromatic heterocycles. The van der Waals surface area contributed by atoms with Crippen molar-refractivity contribution in [2.45, 2.75) is 18.5 Å². The molecule has 0 saturated heterocycles. The number of rotatable bonds is 3. The Kier molecular flexibility index (Phi) is 3.13. The third kappa shape index (κ3) is 2.62. The second-order valence-electron chi connectivity index (χ2n) is 4.27. The standard InChI is InChI=1S/C13H14F3N/c1-2-7-17-9-10(8-13(14,15)16)11-5-3-4-6-12(11)17/h2-6,10H,1,7-9H2. The molecular weight excluding hydrogens is 227 g/mol. The molecule has 1 aromatic carbocycles. The van der Waals surface area contributed by atoms with Crippen LogP contribution in [-0.2, 0) is 0 Å². The van der Waals surface area contributed by atoms with Gasteiger partial charge in [0, 0.05) is 24.7 Å². The molecule has 4 heteroatoms. The van der Waals surface area contributed by atoms with Crippen LogP contribution >= 0.6 is 0 Å². The van der Waals surface area contributed by atoms with Gasteiger partial charge < -0.3 is 4.90 Å². The van der Waals surface area contributed by atoms with Crippen LogP contribution in [0, 0.1) is 0 Å². The molecule has 0 bridgehead atoms. The van der Waals surface area contributed by atoms with E-state index >= 15 is 0 Å². The van der Waals surface area contributed by atoms with Crippen molar-refractivity contribution < 1.29 is 13.2 Å². The van der Waals surface area contributed by atoms with Crippen LogP contribution in [0.3, 0.4) is 0 Å². The van der Waals surface area contributed by atoms with Crippen LogP contribution in [0.25, 0.3) is 0 Å². The van der Waals surface area contributed by atoms with E-state index in [0.717, 1.165) is 11.3 Å². The summed E-state index contributed by atoms with van der Waals surface area (Å²) in [6.45, 7) is 4.64. The van der Waals surface area contributed by atoms with Crippen molar-refractivity contribution in [2.24, 2.45) is 0 Å². The number of nitrogens with zero attached hydrogens (tertiary/aromatic N) is 1. The van der Waals surface area contributed by atoms with E-state index in [2.05, 4.69) is 6.58 Å². The Labute approximate surface area is 98.5 Å². The third-order valence-corrected chi connectivity index (χ3v) is 2.99. The van der Waals surface area contributed by atoms with Gasteiger partial charge in [0.25, 0.3) is 0 Å². The molecule has 1 aromatic rings. The van der Waals surface area contributed by atoms with Crippen molar-refractivity contribution in [3.05, 3.63) is 42.5 Å². The molecule has 0 fully saturated rings. The number of alkyl halides is 3. The zero-order valence-corrected chi connectivity index (χ0v) is 9.37. The van der Waals surface area contributed by atoms with Gasteiger partial charge in [-0.3, -0.25) is 0 Å². The number of halogens is 3. The highest BCUT2D eigenvalue weighted by atomic mass is 19.4. The molecular formula is C13H14F3N. The van der Waals surface area contributed by atoms with Gasteiger partial charge in [-0.1, -0.05) is 24.3 Å². The second-order valence-corrected chi connectivity index (χ2v) is 4.27. The average molecular weight is 241 g/mol. The lowest BCUT2D eigenvalue weighted by Crippen LogP contribution is -2.23. The second kappa shape index (κ2) is 4.43. The van der Waals surface area contributed by atoms with Crippen LogP contribution < -0.4 is 4.90 Å². The SMILES string of the molecule is C=CCN1CC(CC(F)(F)F)c2ccccc21. The van der Waals surface area contributed by atoms with Gasteiger partial charge in [-0.05, 0) is 11.6 Å². The summed E-state index contributed by atoms with van der Waals surface area (Å²) >= 11 is 0. The molecule has 2 rings (SSSR count). The zero-order chi connectivity index (χ0) is 12.5. The van der Waals surface area contributed by atoms with Crippen LogP contribution in [0.2, 0.25) is 0 Å². The molecule has 0 saturated carbocycles. The van der Waals surface area contributed by atoms with Gasteiger partial charge in [-0.25, -0.2) is 0 Å². The van der Waals surface area contributed by atoms with E-state index in [1.54, 1.807) is 18.2 Å². The van der Waals surface area contributed by atoms with E-state index in [-0.39, 0.29) is 0 Å². The summed E-state index contributed by atoms with van der Waals surface area (Å²) in [6.07, 6.45) is -3.15. The first-order valence-corrected chi connectivity index (χ1v) is 5.53. The minimum absolute atomic E-state index is 0.422. The summed E-state index contributed by atoms with van der Waals surface area (Å²) in [5.74, 6) is -0.453. The summed E-state index contributed by atoms with van der Waals surface area (Å²) in [5.41, 5.74) is 1.70. The van der Waals surface area contributed by atoms with Crippen molar-refractivity contribution in [2.75, 3.05) is 18.0 Å². The van der Waals surface area contributed by atoms with Gasteiger partial charge >= 0.3 is 6.18 Å². The molecule has 1 aliphatic heterocycles. The summed E-state index contributed by atoms with van der Waals surface area (Å²) in [7, 11) is 0. The first kappa shape index (κ1) is 12.0. The molecule has 92 valence electrons. The molecule has 17 heavy (non-hydrogen) atoms. The number of hydrogen-bond acceptors (Lipinski definition) is 1. The molecule has 0 spiro atoms. The highest BCUT2D eigenvalue weighted by Crippen LogP contribution is 2.41. The number of anilines is 1. The predicted octanol–water partition coefficient (Wildman–Crippen LogP) is 3.73. The van der Waals surface area contributed by atoms with Gasteiger partial charge in [-0.15, -0.1) is 6.58 Å². The Hall–Kier alpha value is -1.45. The van der Waals surface area contributed by atoms with E-state index < -0.39 is 18.5 Å². The summed E-state index contributed by atoms with van der Waals surface area (Å²) in [5, 5.41) is 0. The van der Waals surface area contributed by atoms with Crippen molar-refractivity contribution in [1.82, 2.24) is 0 Å². The molecule has 1 unspecified atom stereocenters. The monoisotopic (exact) mass is 241 g/mol. The fourth-order valence-corrected chi connectivity index (χ4v) is 2.37. The Balaban J connectivity index is 2.25. The van der Waals surface area contributed by atoms with Gasteiger partial charge in [0.2, 0.25) is 0 Å². The Morgan fingerprint density at radius 2 is 2.06 bits per heavy atom. The minimum atomic E-state index is -4.11. The maximum atomic E-state index is 12.5. The van der Waals surface area contributed by atoms with Crippen LogP contribution in [-0.4, -0.2) is 19.3 Å². The van der Waals surface area contributed by atoms with E-state index in [1.165, 1.54) is 0 Å². The quantitative estimate of drug-likeness (QED) is 0.729. The maximum Gasteiger partial charge on any atom is 0.389 e. The molecule has 0 amide bonds. The first-order valence-electron chi connectivity index (χ1n) is 5.53. The summed E-state index contributed by atoms with van der Waals surface area (Å²) < 4.78 is 37.4. The van der Waals surface area contributed by atoms with E-state index in [9.17, 15) is 13.2 Å². The van der Waals surface area contributed by atoms with Gasteiger partial charge in [0.1, 0.15) is 0 Å². The lowest BCUT2D eigenvalue weighted by Gasteiger charge is -2.18. The zero-order valence-electron chi connectivity index (χ0n) is 9.37. The molecule has 0 aliphatic carbocycles. The Morgan fingerprint density at radius 1 is 1.35 bits per heavy atom. The highest BCUT2D eigenvalue weighted by molar-refractivity contribution is 5.60. The smallest absolute Gasteiger partial charge is 0.367 e. The van der Waals surface area contributed by atoms with Crippen molar-refractivity contribution >= 4 is 5.69 Å². The lowest BCUT2D eigenvalue weighted by molar-refractivity contribution is -0.137. The first-order chi connectivity index (χ1) is 8.01. The van der Waals surface area contributed by atoms with Crippen molar-refractivity contribution in [3.8, 4) is 0 Å². The average Bonchev–Trinajstić information content (AvgIpc) is 2.56. The highest BCUT2D eigenvalue weighted by Gasteiger charge is 2.37. The number of hydrogen-bond donors (Lipinski definition) is 0. The fourth-order valence-electron chi connectivity index (χ4n) is 2.37. The minimum Gasteiger partial charge on any atom is -0.367 e. The number of benzene rings is 1. The third-order valence-electron chi connectivity index (χ3n) is 2.99. The number of fused-ring (bicyclic) bond motifs is 1. The van der Waals surface area contributed by atoms with Crippen LogP contribution in [0.4, 0.5) is 18.9 Å². The largest absolute Gasteiger partial charge is 0.389 e. The molecule has 1 aliphatic rings. The van der Waals surface area contributed by atoms with E-state index in [1.807, 2.05) is 17.0 Å². The predicted molar refractivity (Wildman–Crippen MR) is 62.3 cm³/mol. The molecule has 1 nitrogen and oxygen atoms in total.